The minimum atomic E-state index is -0.794. The number of rotatable bonds is 2. The molecule has 0 amide bonds. The third kappa shape index (κ3) is 1.84. The molecule has 2 rings (SSSR count). The Bertz CT molecular complexity index is 657. The lowest BCUT2D eigenvalue weighted by molar-refractivity contribution is 0.674. The summed E-state index contributed by atoms with van der Waals surface area (Å²) in [6, 6.07) is 11.5. The molecule has 0 unspecified atom stereocenters. The molecule has 4 heteroatoms. The summed E-state index contributed by atoms with van der Waals surface area (Å²) in [7, 11) is 0. The Labute approximate surface area is 105 Å². The van der Waals surface area contributed by atoms with Crippen LogP contribution in [0.5, 0.6) is 0 Å². The molecule has 1 aromatic carbocycles. The van der Waals surface area contributed by atoms with Gasteiger partial charge in [0.2, 0.25) is 0 Å². The lowest BCUT2D eigenvalue weighted by Gasteiger charge is -2.12. The third-order valence-electron chi connectivity index (χ3n) is 2.99. The molecule has 0 saturated carbocycles. The van der Waals surface area contributed by atoms with E-state index in [1.54, 1.807) is 13.8 Å². The van der Waals surface area contributed by atoms with E-state index in [1.807, 2.05) is 37.3 Å². The number of aryl methyl sites for hydroxylation is 1. The maximum atomic E-state index is 12.4. The highest BCUT2D eigenvalue weighted by Crippen LogP contribution is 2.22. The summed E-state index contributed by atoms with van der Waals surface area (Å²) >= 11 is 0. The number of nitriles is 1. The van der Waals surface area contributed by atoms with Crippen molar-refractivity contribution in [2.24, 2.45) is 0 Å². The highest BCUT2D eigenvalue weighted by molar-refractivity contribution is 5.37. The number of aromatic nitrogens is 2. The van der Waals surface area contributed by atoms with Crippen LogP contribution in [0.4, 0.5) is 0 Å². The summed E-state index contributed by atoms with van der Waals surface area (Å²) in [6.45, 7) is 5.31. The van der Waals surface area contributed by atoms with E-state index < -0.39 is 5.41 Å². The molecule has 0 aliphatic heterocycles. The molecule has 2 aromatic rings. The van der Waals surface area contributed by atoms with Gasteiger partial charge >= 0.3 is 0 Å². The van der Waals surface area contributed by atoms with Crippen LogP contribution in [0, 0.1) is 18.3 Å². The zero-order valence-corrected chi connectivity index (χ0v) is 10.7. The maximum Gasteiger partial charge on any atom is 0.276 e. The smallest absolute Gasteiger partial charge is 0.276 e. The molecular formula is C14H15N3O. The topological polar surface area (TPSA) is 61.6 Å². The van der Waals surface area contributed by atoms with Crippen molar-refractivity contribution in [1.82, 2.24) is 9.78 Å². The number of hydrogen-bond donors (Lipinski definition) is 1. The molecule has 1 N–H and O–H groups in total. The molecule has 0 bridgehead atoms. The van der Waals surface area contributed by atoms with Gasteiger partial charge in [-0.25, -0.2) is 4.68 Å². The van der Waals surface area contributed by atoms with Gasteiger partial charge in [-0.1, -0.05) is 18.2 Å². The summed E-state index contributed by atoms with van der Waals surface area (Å²) in [5.41, 5.74) is 1.07. The van der Waals surface area contributed by atoms with E-state index in [0.717, 1.165) is 11.4 Å². The zero-order chi connectivity index (χ0) is 13.3. The first-order valence-electron chi connectivity index (χ1n) is 5.76. The van der Waals surface area contributed by atoms with E-state index in [2.05, 4.69) is 11.2 Å². The number of hydrogen-bond acceptors (Lipinski definition) is 2. The van der Waals surface area contributed by atoms with Gasteiger partial charge in [-0.05, 0) is 32.9 Å². The first-order chi connectivity index (χ1) is 8.47. The fourth-order valence-corrected chi connectivity index (χ4v) is 2.10. The molecule has 92 valence electrons. The Balaban J connectivity index is 2.67. The van der Waals surface area contributed by atoms with Crippen LogP contribution in [0.1, 0.15) is 25.1 Å². The van der Waals surface area contributed by atoms with Gasteiger partial charge < -0.3 is 0 Å². The van der Waals surface area contributed by atoms with Crippen LogP contribution in [-0.4, -0.2) is 9.78 Å². The number of H-pyrrole nitrogens is 1. The van der Waals surface area contributed by atoms with Gasteiger partial charge in [-0.15, -0.1) is 0 Å². The number of para-hydroxylation sites is 1. The number of benzene rings is 1. The second-order valence-corrected chi connectivity index (χ2v) is 4.82. The van der Waals surface area contributed by atoms with Crippen molar-refractivity contribution in [3.8, 4) is 11.8 Å². The van der Waals surface area contributed by atoms with Crippen molar-refractivity contribution in [2.75, 3.05) is 0 Å². The summed E-state index contributed by atoms with van der Waals surface area (Å²) in [5.74, 6) is 0. The molecule has 1 heterocycles. The number of nitrogens with one attached hydrogen (secondary N) is 1. The molecule has 4 nitrogen and oxygen atoms in total. The van der Waals surface area contributed by atoms with Crippen LogP contribution in [0.15, 0.2) is 35.1 Å². The van der Waals surface area contributed by atoms with Crippen molar-refractivity contribution < 1.29 is 0 Å². The van der Waals surface area contributed by atoms with Gasteiger partial charge in [0.1, 0.15) is 0 Å². The second-order valence-electron chi connectivity index (χ2n) is 4.82. The van der Waals surface area contributed by atoms with Crippen molar-refractivity contribution in [2.45, 2.75) is 26.2 Å². The van der Waals surface area contributed by atoms with Gasteiger partial charge in [0, 0.05) is 5.69 Å². The summed E-state index contributed by atoms with van der Waals surface area (Å²) in [6.07, 6.45) is 0. The Morgan fingerprint density at radius 1 is 1.28 bits per heavy atom. The fraction of sp³-hybridized carbons (Fsp3) is 0.286. The second kappa shape index (κ2) is 4.19. The SMILES string of the molecule is Cc1[nH]n(-c2ccccc2)c(=O)c1C(C)(C)C#N. The maximum absolute atomic E-state index is 12.4. The van der Waals surface area contributed by atoms with E-state index in [4.69, 9.17) is 5.26 Å². The van der Waals surface area contributed by atoms with Gasteiger partial charge in [0.15, 0.2) is 0 Å². The first-order valence-corrected chi connectivity index (χ1v) is 5.76. The van der Waals surface area contributed by atoms with Crippen LogP contribution >= 0.6 is 0 Å². The van der Waals surface area contributed by atoms with Crippen LogP contribution in [0.3, 0.4) is 0 Å². The molecule has 0 fully saturated rings. The van der Waals surface area contributed by atoms with Crippen molar-refractivity contribution >= 4 is 0 Å². The van der Waals surface area contributed by atoms with Crippen molar-refractivity contribution in [1.29, 1.82) is 5.26 Å². The fourth-order valence-electron chi connectivity index (χ4n) is 2.10. The van der Waals surface area contributed by atoms with Crippen LogP contribution in [0.25, 0.3) is 5.69 Å². The van der Waals surface area contributed by atoms with Gasteiger partial charge in [0.05, 0.1) is 22.7 Å². The lowest BCUT2D eigenvalue weighted by atomic mass is 9.87. The molecule has 1 aromatic heterocycles. The Morgan fingerprint density at radius 3 is 2.44 bits per heavy atom. The highest BCUT2D eigenvalue weighted by atomic mass is 16.1. The molecule has 0 saturated heterocycles. The number of aromatic amines is 1. The minimum absolute atomic E-state index is 0.162. The lowest BCUT2D eigenvalue weighted by Crippen LogP contribution is -2.26. The zero-order valence-electron chi connectivity index (χ0n) is 10.7. The monoisotopic (exact) mass is 241 g/mol. The minimum Gasteiger partial charge on any atom is -0.295 e. The van der Waals surface area contributed by atoms with Crippen LogP contribution < -0.4 is 5.56 Å². The van der Waals surface area contributed by atoms with E-state index in [1.165, 1.54) is 4.68 Å². The van der Waals surface area contributed by atoms with E-state index in [-0.39, 0.29) is 5.56 Å². The van der Waals surface area contributed by atoms with E-state index in [9.17, 15) is 4.79 Å². The molecule has 0 aliphatic carbocycles. The predicted molar refractivity (Wildman–Crippen MR) is 69.8 cm³/mol. The standard InChI is InChI=1S/C14H15N3O/c1-10-12(14(2,3)9-15)13(18)17(16-10)11-7-5-4-6-8-11/h4-8,16H,1-3H3. The first kappa shape index (κ1) is 12.2. The summed E-state index contributed by atoms with van der Waals surface area (Å²) in [5, 5.41) is 12.2. The quantitative estimate of drug-likeness (QED) is 0.876. The molecule has 0 atom stereocenters. The van der Waals surface area contributed by atoms with Crippen molar-refractivity contribution in [3.05, 3.63) is 51.9 Å². The number of nitrogens with zero attached hydrogens (tertiary/aromatic N) is 2. The average molecular weight is 241 g/mol. The molecular weight excluding hydrogens is 226 g/mol. The Kier molecular flexibility index (Phi) is 2.84. The van der Waals surface area contributed by atoms with Gasteiger partial charge in [0.25, 0.3) is 5.56 Å². The molecule has 0 radical (unpaired) electrons. The molecule has 18 heavy (non-hydrogen) atoms. The van der Waals surface area contributed by atoms with Crippen LogP contribution in [-0.2, 0) is 5.41 Å². The van der Waals surface area contributed by atoms with E-state index >= 15 is 0 Å². The Hall–Kier alpha value is -2.28. The predicted octanol–water partition coefficient (Wildman–Crippen LogP) is 2.28. The molecule has 0 spiro atoms. The largest absolute Gasteiger partial charge is 0.295 e. The normalized spacial score (nSPS) is 11.2. The van der Waals surface area contributed by atoms with Gasteiger partial charge in [-0.2, -0.15) is 5.26 Å². The molecule has 0 aliphatic rings. The van der Waals surface area contributed by atoms with Crippen molar-refractivity contribution in [3.63, 3.8) is 0 Å². The summed E-state index contributed by atoms with van der Waals surface area (Å²) < 4.78 is 1.48. The average Bonchev–Trinajstić information content (AvgIpc) is 2.66. The highest BCUT2D eigenvalue weighted by Gasteiger charge is 2.28. The Morgan fingerprint density at radius 2 is 1.89 bits per heavy atom. The summed E-state index contributed by atoms with van der Waals surface area (Å²) in [4.78, 5) is 12.4. The van der Waals surface area contributed by atoms with E-state index in [0.29, 0.717) is 5.56 Å². The van der Waals surface area contributed by atoms with Gasteiger partial charge in [-0.3, -0.25) is 9.89 Å². The third-order valence-corrected chi connectivity index (χ3v) is 2.99. The van der Waals surface area contributed by atoms with Crippen LogP contribution in [0.2, 0.25) is 0 Å².